The number of methoxy groups -OCH3 is 2. The molecular formula is C21H27N3O4. The molecule has 0 aromatic heterocycles. The maximum Gasteiger partial charge on any atom is 0.322 e. The first-order chi connectivity index (χ1) is 13.5. The third-order valence-corrected chi connectivity index (χ3v) is 5.43. The van der Waals surface area contributed by atoms with Crippen LogP contribution in [0.15, 0.2) is 42.1 Å². The number of carbonyl (C=O) groups excluding carboxylic acids is 2. The highest BCUT2D eigenvalue weighted by Crippen LogP contribution is 2.41. The molecule has 1 aromatic carbocycles. The highest BCUT2D eigenvalue weighted by molar-refractivity contribution is 6.01. The van der Waals surface area contributed by atoms with Gasteiger partial charge in [0, 0.05) is 18.2 Å². The first kappa shape index (κ1) is 19.8. The quantitative estimate of drug-likeness (QED) is 0.733. The van der Waals surface area contributed by atoms with Crippen molar-refractivity contribution in [2.75, 3.05) is 27.3 Å². The molecular weight excluding hydrogens is 358 g/mol. The summed E-state index contributed by atoms with van der Waals surface area (Å²) in [7, 11) is 3.14. The van der Waals surface area contributed by atoms with Crippen molar-refractivity contribution in [2.45, 2.75) is 32.4 Å². The summed E-state index contributed by atoms with van der Waals surface area (Å²) in [5.74, 6) is 1.16. The molecule has 1 N–H and O–H groups in total. The molecule has 0 aliphatic carbocycles. The molecule has 2 aliphatic rings. The van der Waals surface area contributed by atoms with Crippen molar-refractivity contribution in [1.82, 2.24) is 15.1 Å². The monoisotopic (exact) mass is 385 g/mol. The van der Waals surface area contributed by atoms with Gasteiger partial charge in [-0.3, -0.25) is 9.69 Å². The first-order valence-electron chi connectivity index (χ1n) is 9.41. The summed E-state index contributed by atoms with van der Waals surface area (Å²) >= 11 is 0. The Morgan fingerprint density at radius 3 is 2.68 bits per heavy atom. The van der Waals surface area contributed by atoms with Crippen molar-refractivity contribution in [1.29, 1.82) is 0 Å². The fourth-order valence-electron chi connectivity index (χ4n) is 3.71. The molecule has 1 aromatic rings. The summed E-state index contributed by atoms with van der Waals surface area (Å²) in [6.07, 6.45) is 2.50. The molecule has 0 spiro atoms. The number of benzene rings is 1. The van der Waals surface area contributed by atoms with Crippen LogP contribution >= 0.6 is 0 Å². The van der Waals surface area contributed by atoms with E-state index in [9.17, 15) is 9.59 Å². The largest absolute Gasteiger partial charge is 0.497 e. The average molecular weight is 385 g/mol. The average Bonchev–Trinajstić information content (AvgIpc) is 3.06. The number of carbonyl (C=O) groups is 2. The van der Waals surface area contributed by atoms with E-state index < -0.39 is 6.04 Å². The second-order valence-electron chi connectivity index (χ2n) is 6.94. The van der Waals surface area contributed by atoms with Crippen LogP contribution in [-0.4, -0.2) is 55.1 Å². The fraction of sp³-hybridized carbons (Fsp3) is 0.429. The summed E-state index contributed by atoms with van der Waals surface area (Å²) in [6, 6.07) is 4.59. The number of ether oxygens (including phenoxy) is 2. The van der Waals surface area contributed by atoms with Crippen LogP contribution in [-0.2, 0) is 4.79 Å². The molecule has 2 aliphatic heterocycles. The Hall–Kier alpha value is -2.96. The molecule has 0 saturated carbocycles. The highest BCUT2D eigenvalue weighted by Gasteiger charge is 2.45. The Bertz CT molecular complexity index is 833. The van der Waals surface area contributed by atoms with Gasteiger partial charge in [0.15, 0.2) is 0 Å². The van der Waals surface area contributed by atoms with Crippen LogP contribution in [0.4, 0.5) is 4.79 Å². The van der Waals surface area contributed by atoms with E-state index in [1.807, 2.05) is 18.7 Å². The number of nitrogens with one attached hydrogen (secondary N) is 1. The van der Waals surface area contributed by atoms with E-state index in [1.54, 1.807) is 43.4 Å². The molecule has 28 heavy (non-hydrogen) atoms. The van der Waals surface area contributed by atoms with E-state index in [4.69, 9.17) is 9.47 Å². The molecule has 7 heteroatoms. The summed E-state index contributed by atoms with van der Waals surface area (Å²) in [4.78, 5) is 29.6. The Labute approximate surface area is 165 Å². The zero-order chi connectivity index (χ0) is 20.4. The van der Waals surface area contributed by atoms with Crippen LogP contribution in [0.1, 0.15) is 31.9 Å². The minimum absolute atomic E-state index is 0.0618. The van der Waals surface area contributed by atoms with Gasteiger partial charge in [-0.05, 0) is 31.5 Å². The van der Waals surface area contributed by atoms with Crippen LogP contribution < -0.4 is 14.8 Å². The van der Waals surface area contributed by atoms with Gasteiger partial charge in [0.25, 0.3) is 5.91 Å². The fourth-order valence-corrected chi connectivity index (χ4v) is 3.71. The van der Waals surface area contributed by atoms with Gasteiger partial charge in [-0.2, -0.15) is 0 Å². The van der Waals surface area contributed by atoms with Gasteiger partial charge < -0.3 is 19.7 Å². The van der Waals surface area contributed by atoms with Crippen LogP contribution in [0.3, 0.4) is 0 Å². The SMILES string of the molecule is C=CCN1C(=O)N[C@@H](c2cc(OC)ccc2OC)C2=C1CN([C@@H](C)CC)C2=O. The zero-order valence-electron chi connectivity index (χ0n) is 16.8. The van der Waals surface area contributed by atoms with Crippen LogP contribution in [0.5, 0.6) is 11.5 Å². The maximum atomic E-state index is 13.3. The summed E-state index contributed by atoms with van der Waals surface area (Å²) < 4.78 is 10.8. The molecule has 0 saturated heterocycles. The minimum atomic E-state index is -0.602. The van der Waals surface area contributed by atoms with E-state index in [2.05, 4.69) is 11.9 Å². The van der Waals surface area contributed by atoms with Crippen molar-refractivity contribution in [3.63, 3.8) is 0 Å². The summed E-state index contributed by atoms with van der Waals surface area (Å²) in [6.45, 7) is 8.55. The van der Waals surface area contributed by atoms with Gasteiger partial charge in [0.05, 0.1) is 38.1 Å². The van der Waals surface area contributed by atoms with Crippen molar-refractivity contribution < 1.29 is 19.1 Å². The van der Waals surface area contributed by atoms with E-state index in [0.29, 0.717) is 35.7 Å². The van der Waals surface area contributed by atoms with Crippen molar-refractivity contribution >= 4 is 11.9 Å². The van der Waals surface area contributed by atoms with Gasteiger partial charge in [-0.25, -0.2) is 4.79 Å². The number of rotatable bonds is 7. The van der Waals surface area contributed by atoms with E-state index in [1.165, 1.54) is 0 Å². The molecule has 0 unspecified atom stereocenters. The number of nitrogens with zero attached hydrogens (tertiary/aromatic N) is 2. The topological polar surface area (TPSA) is 71.1 Å². The minimum Gasteiger partial charge on any atom is -0.497 e. The number of hydrogen-bond acceptors (Lipinski definition) is 4. The number of amides is 3. The van der Waals surface area contributed by atoms with Gasteiger partial charge in [-0.1, -0.05) is 13.0 Å². The Balaban J connectivity index is 2.14. The Kier molecular flexibility index (Phi) is 5.63. The standard InChI is InChI=1S/C21H27N3O4/c1-6-10-23-16-12-24(13(3)7-2)20(25)18(16)19(22-21(23)26)15-11-14(27-4)8-9-17(15)28-5/h6,8-9,11,13,19H,1,7,10,12H2,2-5H3,(H,22,26)/t13-,19-/m0/s1. The van der Waals surface area contributed by atoms with Gasteiger partial charge >= 0.3 is 6.03 Å². The highest BCUT2D eigenvalue weighted by atomic mass is 16.5. The molecule has 3 amide bonds. The molecule has 7 nitrogen and oxygen atoms in total. The molecule has 0 bridgehead atoms. The summed E-state index contributed by atoms with van der Waals surface area (Å²) in [5, 5.41) is 2.97. The lowest BCUT2D eigenvalue weighted by molar-refractivity contribution is -0.127. The van der Waals surface area contributed by atoms with Crippen LogP contribution in [0, 0.1) is 0 Å². The lowest BCUT2D eigenvalue weighted by Gasteiger charge is -2.33. The third kappa shape index (κ3) is 3.21. The molecule has 0 fully saturated rings. The second-order valence-corrected chi connectivity index (χ2v) is 6.94. The predicted octanol–water partition coefficient (Wildman–Crippen LogP) is 2.85. The lowest BCUT2D eigenvalue weighted by Crippen LogP contribution is -2.47. The van der Waals surface area contributed by atoms with Crippen LogP contribution in [0.2, 0.25) is 0 Å². The van der Waals surface area contributed by atoms with Crippen molar-refractivity contribution in [2.24, 2.45) is 0 Å². The smallest absolute Gasteiger partial charge is 0.322 e. The lowest BCUT2D eigenvalue weighted by atomic mass is 9.94. The zero-order valence-corrected chi connectivity index (χ0v) is 16.8. The Morgan fingerprint density at radius 1 is 1.32 bits per heavy atom. The van der Waals surface area contributed by atoms with Crippen molar-refractivity contribution in [3.8, 4) is 11.5 Å². The third-order valence-electron chi connectivity index (χ3n) is 5.43. The van der Waals surface area contributed by atoms with E-state index in [-0.39, 0.29) is 18.0 Å². The number of urea groups is 1. The van der Waals surface area contributed by atoms with Gasteiger partial charge in [-0.15, -0.1) is 6.58 Å². The van der Waals surface area contributed by atoms with E-state index >= 15 is 0 Å². The van der Waals surface area contributed by atoms with Gasteiger partial charge in [0.1, 0.15) is 11.5 Å². The first-order valence-corrected chi connectivity index (χ1v) is 9.41. The molecule has 150 valence electrons. The predicted molar refractivity (Wildman–Crippen MR) is 106 cm³/mol. The number of hydrogen-bond donors (Lipinski definition) is 1. The Morgan fingerprint density at radius 2 is 2.07 bits per heavy atom. The maximum absolute atomic E-state index is 13.3. The summed E-state index contributed by atoms with van der Waals surface area (Å²) in [5.41, 5.74) is 2.00. The molecule has 3 rings (SSSR count). The van der Waals surface area contributed by atoms with Crippen molar-refractivity contribution in [3.05, 3.63) is 47.7 Å². The molecule has 2 atom stereocenters. The van der Waals surface area contributed by atoms with Crippen LogP contribution in [0.25, 0.3) is 0 Å². The molecule has 0 radical (unpaired) electrons. The van der Waals surface area contributed by atoms with E-state index in [0.717, 1.165) is 12.1 Å². The second kappa shape index (κ2) is 7.96. The normalized spacial score (nSPS) is 20.1. The molecule has 2 heterocycles. The van der Waals surface area contributed by atoms with Gasteiger partial charge in [0.2, 0.25) is 0 Å².